The lowest BCUT2D eigenvalue weighted by Crippen LogP contribution is -2.20. The van der Waals surface area contributed by atoms with Crippen molar-refractivity contribution >= 4 is 49.9 Å². The van der Waals surface area contributed by atoms with E-state index in [1.807, 2.05) is 25.0 Å². The molecule has 2 rings (SSSR count). The van der Waals surface area contributed by atoms with Crippen molar-refractivity contribution in [3.05, 3.63) is 36.3 Å². The fourth-order valence-corrected chi connectivity index (χ4v) is 3.66. The van der Waals surface area contributed by atoms with Crippen molar-refractivity contribution in [1.29, 1.82) is 0 Å². The van der Waals surface area contributed by atoms with Crippen LogP contribution in [0.2, 0.25) is 0 Å². The van der Waals surface area contributed by atoms with Gasteiger partial charge in [0.05, 0.1) is 25.3 Å². The van der Waals surface area contributed by atoms with Gasteiger partial charge in [-0.05, 0) is 62.6 Å². The number of hydrogen-bond donors (Lipinski definition) is 1. The molecule has 1 N–H and O–H groups in total. The van der Waals surface area contributed by atoms with Crippen molar-refractivity contribution in [2.24, 2.45) is 7.05 Å². The summed E-state index contributed by atoms with van der Waals surface area (Å²) in [6, 6.07) is 2.38. The molecule has 2 aromatic heterocycles. The number of halogens is 2. The molecule has 2 aromatic rings. The number of aryl methyl sites for hydroxylation is 1. The van der Waals surface area contributed by atoms with E-state index in [0.717, 1.165) is 10.2 Å². The summed E-state index contributed by atoms with van der Waals surface area (Å²) >= 11 is 7.64. The second-order valence-corrected chi connectivity index (χ2v) is 7.07. The molecule has 0 aliphatic heterocycles. The number of rotatable bonds is 3. The first-order valence-electron chi connectivity index (χ1n) is 4.72. The van der Waals surface area contributed by atoms with E-state index in [1.54, 1.807) is 11.3 Å². The Balaban J connectivity index is 2.44. The molecule has 1 atom stereocenters. The Hall–Kier alpha value is 0.0800. The van der Waals surface area contributed by atoms with Crippen LogP contribution in [0.3, 0.4) is 0 Å². The lowest BCUT2D eigenvalue weighted by Gasteiger charge is -2.16. The number of aromatic nitrogens is 2. The molecule has 0 aliphatic carbocycles. The summed E-state index contributed by atoms with van der Waals surface area (Å²) in [5.41, 5.74) is 2.43. The molecule has 16 heavy (non-hydrogen) atoms. The molecular formula is C10H11BrIN3S. The molecule has 3 nitrogen and oxygen atoms in total. The van der Waals surface area contributed by atoms with Crippen molar-refractivity contribution < 1.29 is 0 Å². The molecule has 1 unspecified atom stereocenters. The second-order valence-electron chi connectivity index (χ2n) is 3.41. The number of nitrogens with one attached hydrogen (secondary N) is 1. The minimum atomic E-state index is 0.182. The van der Waals surface area contributed by atoms with Crippen LogP contribution in [0.4, 0.5) is 0 Å². The Morgan fingerprint density at radius 1 is 1.62 bits per heavy atom. The third kappa shape index (κ3) is 2.34. The van der Waals surface area contributed by atoms with Crippen LogP contribution in [0.15, 0.2) is 22.1 Å². The van der Waals surface area contributed by atoms with Crippen LogP contribution in [-0.2, 0) is 7.05 Å². The third-order valence-electron chi connectivity index (χ3n) is 2.42. The van der Waals surface area contributed by atoms with Gasteiger partial charge < -0.3 is 5.32 Å². The van der Waals surface area contributed by atoms with Crippen LogP contribution in [0.25, 0.3) is 0 Å². The van der Waals surface area contributed by atoms with E-state index >= 15 is 0 Å². The van der Waals surface area contributed by atoms with Crippen molar-refractivity contribution in [3.8, 4) is 0 Å². The Morgan fingerprint density at radius 2 is 2.38 bits per heavy atom. The van der Waals surface area contributed by atoms with Crippen molar-refractivity contribution in [3.63, 3.8) is 0 Å². The van der Waals surface area contributed by atoms with Gasteiger partial charge in [0.1, 0.15) is 0 Å². The fraction of sp³-hybridized carbons (Fsp3) is 0.300. The predicted octanol–water partition coefficient (Wildman–Crippen LogP) is 3.16. The average molecular weight is 412 g/mol. The molecule has 0 spiro atoms. The highest BCUT2D eigenvalue weighted by molar-refractivity contribution is 14.1. The summed E-state index contributed by atoms with van der Waals surface area (Å²) in [6.07, 6.45) is 1.83. The molecular weight excluding hydrogens is 401 g/mol. The zero-order valence-corrected chi connectivity index (χ0v) is 13.4. The van der Waals surface area contributed by atoms with Gasteiger partial charge in [-0.15, -0.1) is 11.3 Å². The van der Waals surface area contributed by atoms with Crippen LogP contribution in [-0.4, -0.2) is 16.8 Å². The lowest BCUT2D eigenvalue weighted by molar-refractivity contribution is 0.605. The van der Waals surface area contributed by atoms with E-state index in [9.17, 15) is 0 Å². The topological polar surface area (TPSA) is 29.9 Å². The number of thiophene rings is 1. The summed E-state index contributed by atoms with van der Waals surface area (Å²) in [5, 5.41) is 9.76. The van der Waals surface area contributed by atoms with E-state index in [0.29, 0.717) is 0 Å². The SMILES string of the molecule is CNC(c1csc(I)c1)c1c(Br)cnn1C. The highest BCUT2D eigenvalue weighted by Gasteiger charge is 2.19. The number of nitrogens with zero attached hydrogens (tertiary/aromatic N) is 2. The van der Waals surface area contributed by atoms with E-state index in [1.165, 1.54) is 8.45 Å². The van der Waals surface area contributed by atoms with Gasteiger partial charge >= 0.3 is 0 Å². The van der Waals surface area contributed by atoms with Crippen molar-refractivity contribution in [2.45, 2.75) is 6.04 Å². The maximum atomic E-state index is 4.25. The molecule has 0 amide bonds. The smallest absolute Gasteiger partial charge is 0.0765 e. The molecule has 0 saturated carbocycles. The quantitative estimate of drug-likeness (QED) is 0.786. The van der Waals surface area contributed by atoms with Gasteiger partial charge in [0, 0.05) is 7.05 Å². The molecule has 0 radical (unpaired) electrons. The van der Waals surface area contributed by atoms with Gasteiger partial charge in [-0.25, -0.2) is 0 Å². The third-order valence-corrected chi connectivity index (χ3v) is 4.84. The molecule has 0 aromatic carbocycles. The standard InChI is InChI=1S/C10H11BrIN3S/c1-13-9(6-3-8(12)16-5-6)10-7(11)4-14-15(10)2/h3-5,9,13H,1-2H3. The lowest BCUT2D eigenvalue weighted by atomic mass is 10.1. The first kappa shape index (κ1) is 12.5. The Morgan fingerprint density at radius 3 is 2.81 bits per heavy atom. The van der Waals surface area contributed by atoms with E-state index in [-0.39, 0.29) is 6.04 Å². The summed E-state index contributed by atoms with van der Waals surface area (Å²) < 4.78 is 4.23. The van der Waals surface area contributed by atoms with Gasteiger partial charge in [0.25, 0.3) is 0 Å². The summed E-state index contributed by atoms with van der Waals surface area (Å²) in [6.45, 7) is 0. The van der Waals surface area contributed by atoms with Gasteiger partial charge in [-0.2, -0.15) is 5.10 Å². The van der Waals surface area contributed by atoms with Crippen LogP contribution < -0.4 is 5.32 Å². The molecule has 0 bridgehead atoms. The van der Waals surface area contributed by atoms with Crippen LogP contribution in [0.1, 0.15) is 17.3 Å². The Labute approximate surface area is 121 Å². The van der Waals surface area contributed by atoms with Crippen molar-refractivity contribution in [1.82, 2.24) is 15.1 Å². The second kappa shape index (κ2) is 5.16. The van der Waals surface area contributed by atoms with E-state index in [2.05, 4.69) is 60.4 Å². The largest absolute Gasteiger partial charge is 0.308 e. The predicted molar refractivity (Wildman–Crippen MR) is 78.8 cm³/mol. The van der Waals surface area contributed by atoms with Gasteiger partial charge in [0.2, 0.25) is 0 Å². The minimum absolute atomic E-state index is 0.182. The van der Waals surface area contributed by atoms with Crippen molar-refractivity contribution in [2.75, 3.05) is 7.05 Å². The normalized spacial score (nSPS) is 13.0. The highest BCUT2D eigenvalue weighted by Crippen LogP contribution is 2.30. The van der Waals surface area contributed by atoms with Crippen LogP contribution in [0, 0.1) is 2.88 Å². The highest BCUT2D eigenvalue weighted by atomic mass is 127. The Bertz CT molecular complexity index is 474. The van der Waals surface area contributed by atoms with Crippen LogP contribution in [0.5, 0.6) is 0 Å². The van der Waals surface area contributed by atoms with E-state index in [4.69, 9.17) is 0 Å². The van der Waals surface area contributed by atoms with Gasteiger partial charge in [-0.3, -0.25) is 4.68 Å². The molecule has 0 fully saturated rings. The van der Waals surface area contributed by atoms with E-state index < -0.39 is 0 Å². The molecule has 6 heteroatoms. The first-order chi connectivity index (χ1) is 7.63. The maximum absolute atomic E-state index is 4.25. The molecule has 0 aliphatic rings. The molecule has 86 valence electrons. The maximum Gasteiger partial charge on any atom is 0.0765 e. The van der Waals surface area contributed by atoms with Gasteiger partial charge in [0.15, 0.2) is 0 Å². The first-order valence-corrected chi connectivity index (χ1v) is 7.47. The number of hydrogen-bond acceptors (Lipinski definition) is 3. The zero-order chi connectivity index (χ0) is 11.7. The van der Waals surface area contributed by atoms with Gasteiger partial charge in [-0.1, -0.05) is 0 Å². The fourth-order valence-electron chi connectivity index (χ4n) is 1.68. The molecule has 0 saturated heterocycles. The summed E-state index contributed by atoms with van der Waals surface area (Å²) in [5.74, 6) is 0. The average Bonchev–Trinajstić information content (AvgIpc) is 2.80. The summed E-state index contributed by atoms with van der Waals surface area (Å²) in [4.78, 5) is 0. The van der Waals surface area contributed by atoms with Crippen LogP contribution >= 0.6 is 49.9 Å². The monoisotopic (exact) mass is 411 g/mol. The molecule has 2 heterocycles. The Kier molecular flexibility index (Phi) is 4.04. The minimum Gasteiger partial charge on any atom is -0.308 e. The zero-order valence-electron chi connectivity index (χ0n) is 8.87. The summed E-state index contributed by atoms with van der Waals surface area (Å²) in [7, 11) is 3.93.